The Morgan fingerprint density at radius 3 is 2.54 bits per heavy atom. The Bertz CT molecular complexity index is 1090. The molecule has 0 bridgehead atoms. The second kappa shape index (κ2) is 6.95. The van der Waals surface area contributed by atoms with Gasteiger partial charge in [0.1, 0.15) is 5.52 Å². The summed E-state index contributed by atoms with van der Waals surface area (Å²) in [7, 11) is 0. The van der Waals surface area contributed by atoms with E-state index in [1.54, 1.807) is 34.9 Å². The molecule has 9 heteroatoms. The number of piperidine rings is 1. The minimum absolute atomic E-state index is 0.0232. The van der Waals surface area contributed by atoms with Crippen molar-refractivity contribution in [2.45, 2.75) is 18.8 Å². The molecular weight excluding hydrogens is 432 g/mol. The van der Waals surface area contributed by atoms with Crippen molar-refractivity contribution in [1.29, 1.82) is 0 Å². The lowest BCUT2D eigenvalue weighted by atomic mass is 10.1. The van der Waals surface area contributed by atoms with Crippen LogP contribution in [-0.2, 0) is 0 Å². The number of rotatable bonds is 2. The molecule has 0 spiro atoms. The summed E-state index contributed by atoms with van der Waals surface area (Å²) < 4.78 is 28.9. The topological polar surface area (TPSA) is 55.4 Å². The van der Waals surface area contributed by atoms with Crippen LogP contribution < -0.4 is 0 Å². The van der Waals surface area contributed by atoms with Gasteiger partial charge in [-0.15, -0.1) is 0 Å². The molecule has 2 aromatic heterocycles. The van der Waals surface area contributed by atoms with Crippen LogP contribution >= 0.6 is 15.9 Å². The van der Waals surface area contributed by atoms with E-state index in [0.29, 0.717) is 27.1 Å². The number of fused-ring (bicyclic) bond motifs is 1. The van der Waals surface area contributed by atoms with Gasteiger partial charge in [-0.1, -0.05) is 12.1 Å². The molecule has 3 aromatic rings. The van der Waals surface area contributed by atoms with Gasteiger partial charge in [0, 0.05) is 37.8 Å². The lowest BCUT2D eigenvalue weighted by Crippen LogP contribution is -2.42. The van der Waals surface area contributed by atoms with E-state index < -0.39 is 5.92 Å². The minimum atomic E-state index is -2.70. The van der Waals surface area contributed by atoms with Crippen molar-refractivity contribution in [3.63, 3.8) is 0 Å². The number of carbonyl (C=O) groups excluding carboxylic acids is 1. The van der Waals surface area contributed by atoms with Crippen LogP contribution in [0.15, 0.2) is 41.3 Å². The number of likely N-dealkylation sites (tertiary alicyclic amines) is 1. The van der Waals surface area contributed by atoms with Gasteiger partial charge in [0.15, 0.2) is 16.1 Å². The lowest BCUT2D eigenvalue weighted by Gasteiger charge is -2.31. The number of nitrogens with zero attached hydrogens (tertiary/aromatic N) is 5. The Balaban J connectivity index is 1.65. The first-order valence-corrected chi connectivity index (χ1v) is 9.36. The monoisotopic (exact) mass is 445 g/mol. The quantitative estimate of drug-likeness (QED) is 0.541. The molecule has 1 aliphatic rings. The maximum absolute atomic E-state index is 13.3. The molecule has 1 aliphatic heterocycles. The second-order valence-electron chi connectivity index (χ2n) is 6.56. The Morgan fingerprint density at radius 2 is 1.89 bits per heavy atom. The molecule has 4 rings (SSSR count). The van der Waals surface area contributed by atoms with E-state index >= 15 is 0 Å². The van der Waals surface area contributed by atoms with Crippen LogP contribution in [0.1, 0.15) is 23.2 Å². The van der Waals surface area contributed by atoms with Crippen LogP contribution in [0.2, 0.25) is 0 Å². The maximum atomic E-state index is 13.3. The number of aromatic nitrogens is 3. The Morgan fingerprint density at radius 1 is 1.21 bits per heavy atom. The molecule has 1 fully saturated rings. The van der Waals surface area contributed by atoms with Gasteiger partial charge in [0.05, 0.1) is 12.1 Å². The van der Waals surface area contributed by atoms with Gasteiger partial charge in [-0.25, -0.2) is 23.6 Å². The van der Waals surface area contributed by atoms with Crippen molar-refractivity contribution in [3.05, 3.63) is 58.2 Å². The molecule has 6 nitrogen and oxygen atoms in total. The van der Waals surface area contributed by atoms with Crippen molar-refractivity contribution >= 4 is 38.7 Å². The van der Waals surface area contributed by atoms with Gasteiger partial charge in [-0.05, 0) is 34.1 Å². The van der Waals surface area contributed by atoms with Crippen LogP contribution in [0, 0.1) is 6.57 Å². The average Bonchev–Trinajstić information content (AvgIpc) is 3.02. The predicted molar refractivity (Wildman–Crippen MR) is 103 cm³/mol. The molecule has 0 N–H and O–H groups in total. The number of imidazole rings is 1. The summed E-state index contributed by atoms with van der Waals surface area (Å²) in [5.74, 6) is -3.03. The zero-order chi connectivity index (χ0) is 19.9. The van der Waals surface area contributed by atoms with Gasteiger partial charge in [0.2, 0.25) is 0 Å². The lowest BCUT2D eigenvalue weighted by molar-refractivity contribution is -0.0494. The maximum Gasteiger partial charge on any atom is 0.255 e. The van der Waals surface area contributed by atoms with Gasteiger partial charge < -0.3 is 4.90 Å². The summed E-state index contributed by atoms with van der Waals surface area (Å²) in [5, 5.41) is 0. The molecule has 0 unspecified atom stereocenters. The van der Waals surface area contributed by atoms with Crippen LogP contribution in [0.4, 0.5) is 14.5 Å². The molecule has 0 aliphatic carbocycles. The molecular formula is C19H14BrF2N5O. The van der Waals surface area contributed by atoms with Crippen molar-refractivity contribution in [2.75, 3.05) is 13.1 Å². The van der Waals surface area contributed by atoms with Gasteiger partial charge in [0.25, 0.3) is 11.8 Å². The Kier molecular flexibility index (Phi) is 4.59. The first kappa shape index (κ1) is 18.5. The summed E-state index contributed by atoms with van der Waals surface area (Å²) in [5.41, 5.74) is 2.67. The highest BCUT2D eigenvalue weighted by Crippen LogP contribution is 2.29. The highest BCUT2D eigenvalue weighted by atomic mass is 79.9. The standard InChI is InChI=1S/C19H14BrF2N5O/c1-23-13-2-4-14(5-3-13)27-16-15(25-18(27)20)10-12(11-24-16)17(28)26-8-6-19(21,22)7-9-26/h2-5,10-11H,6-9H2. The summed E-state index contributed by atoms with van der Waals surface area (Å²) in [4.78, 5) is 26.2. The largest absolute Gasteiger partial charge is 0.338 e. The van der Waals surface area contributed by atoms with E-state index in [9.17, 15) is 13.6 Å². The fraction of sp³-hybridized carbons (Fsp3) is 0.263. The van der Waals surface area contributed by atoms with E-state index in [-0.39, 0.29) is 31.8 Å². The summed E-state index contributed by atoms with van der Waals surface area (Å²) >= 11 is 3.41. The van der Waals surface area contributed by atoms with Crippen molar-refractivity contribution in [1.82, 2.24) is 19.4 Å². The van der Waals surface area contributed by atoms with Gasteiger partial charge >= 0.3 is 0 Å². The molecule has 28 heavy (non-hydrogen) atoms. The predicted octanol–water partition coefficient (Wildman–Crippen LogP) is 4.61. The van der Waals surface area contributed by atoms with Crippen LogP contribution in [0.3, 0.4) is 0 Å². The van der Waals surface area contributed by atoms with Gasteiger partial charge in [-0.3, -0.25) is 9.36 Å². The van der Waals surface area contributed by atoms with Crippen molar-refractivity contribution < 1.29 is 13.6 Å². The zero-order valence-electron chi connectivity index (χ0n) is 14.6. The summed E-state index contributed by atoms with van der Waals surface area (Å²) in [6.07, 6.45) is 0.792. The highest BCUT2D eigenvalue weighted by Gasteiger charge is 2.36. The number of alkyl halides is 2. The molecule has 0 radical (unpaired) electrons. The molecule has 1 aromatic carbocycles. The van der Waals surface area contributed by atoms with E-state index in [0.717, 1.165) is 5.69 Å². The third kappa shape index (κ3) is 3.36. The third-order valence-electron chi connectivity index (χ3n) is 4.72. The first-order valence-electron chi connectivity index (χ1n) is 8.57. The number of pyridine rings is 1. The van der Waals surface area contributed by atoms with Crippen LogP contribution in [-0.4, -0.2) is 44.4 Å². The zero-order valence-corrected chi connectivity index (χ0v) is 16.2. The fourth-order valence-corrected chi connectivity index (χ4v) is 3.74. The molecule has 1 saturated heterocycles. The van der Waals surface area contributed by atoms with Crippen LogP contribution in [0.25, 0.3) is 21.7 Å². The number of hydrogen-bond donors (Lipinski definition) is 0. The first-order chi connectivity index (χ1) is 13.4. The Hall–Kier alpha value is -2.86. The Labute approximate surface area is 167 Å². The number of carbonyl (C=O) groups is 1. The van der Waals surface area contributed by atoms with Gasteiger partial charge in [-0.2, -0.15) is 0 Å². The molecule has 142 valence electrons. The van der Waals surface area contributed by atoms with Crippen molar-refractivity contribution in [3.8, 4) is 5.69 Å². The molecule has 0 atom stereocenters. The summed E-state index contributed by atoms with van der Waals surface area (Å²) in [6, 6.07) is 8.59. The average molecular weight is 446 g/mol. The fourth-order valence-electron chi connectivity index (χ4n) is 3.18. The van der Waals surface area contributed by atoms with E-state index in [2.05, 4.69) is 30.7 Å². The normalized spacial score (nSPS) is 16.1. The number of halogens is 3. The second-order valence-corrected chi connectivity index (χ2v) is 7.27. The SMILES string of the molecule is [C-]#[N+]c1ccc(-n2c(Br)nc3cc(C(=O)N4CCC(F)(F)CC4)cnc32)cc1. The smallest absolute Gasteiger partial charge is 0.255 e. The van der Waals surface area contributed by atoms with E-state index in [1.807, 2.05) is 0 Å². The number of benzene rings is 1. The minimum Gasteiger partial charge on any atom is -0.338 e. The van der Waals surface area contributed by atoms with Crippen molar-refractivity contribution in [2.24, 2.45) is 0 Å². The van der Waals surface area contributed by atoms with E-state index in [4.69, 9.17) is 6.57 Å². The third-order valence-corrected chi connectivity index (χ3v) is 5.25. The molecule has 0 saturated carbocycles. The number of amides is 1. The van der Waals surface area contributed by atoms with E-state index in [1.165, 1.54) is 11.1 Å². The highest BCUT2D eigenvalue weighted by molar-refractivity contribution is 9.10. The van der Waals surface area contributed by atoms with Crippen LogP contribution in [0.5, 0.6) is 0 Å². The summed E-state index contributed by atoms with van der Waals surface area (Å²) in [6.45, 7) is 7.09. The number of hydrogen-bond acceptors (Lipinski definition) is 3. The molecule has 1 amide bonds. The molecule has 3 heterocycles.